The summed E-state index contributed by atoms with van der Waals surface area (Å²) in [6, 6.07) is 11.3. The summed E-state index contributed by atoms with van der Waals surface area (Å²) in [5, 5.41) is 14.2. The van der Waals surface area contributed by atoms with Crippen LogP contribution in [0.2, 0.25) is 5.02 Å². The molecular weight excluding hydrogens is 425 g/mol. The Morgan fingerprint density at radius 1 is 1.28 bits per heavy atom. The van der Waals surface area contributed by atoms with Gasteiger partial charge in [-0.1, -0.05) is 29.8 Å². The highest BCUT2D eigenvalue weighted by Gasteiger charge is 2.22. The topological polar surface area (TPSA) is 151 Å². The van der Waals surface area contributed by atoms with Crippen molar-refractivity contribution in [1.29, 1.82) is 0 Å². The minimum Gasteiger partial charge on any atom is -0.324 e. The van der Waals surface area contributed by atoms with Gasteiger partial charge in [-0.2, -0.15) is 0 Å². The van der Waals surface area contributed by atoms with E-state index in [0.29, 0.717) is 27.5 Å². The number of phosphoric ester groups is 1. The first-order valence-corrected chi connectivity index (χ1v) is 10.1. The van der Waals surface area contributed by atoms with Crippen LogP contribution >= 0.6 is 19.4 Å². The summed E-state index contributed by atoms with van der Waals surface area (Å²) in [6.07, 6.45) is 0. The van der Waals surface area contributed by atoms with Gasteiger partial charge in [0.2, 0.25) is 5.91 Å². The highest BCUT2D eigenvalue weighted by Crippen LogP contribution is 2.35. The lowest BCUT2D eigenvalue weighted by atomic mass is 10.00. The average molecular weight is 442 g/mol. The maximum absolute atomic E-state index is 11.7. The summed E-state index contributed by atoms with van der Waals surface area (Å²) in [5.74, 6) is -0.280. The van der Waals surface area contributed by atoms with E-state index in [0.717, 1.165) is 0 Å². The summed E-state index contributed by atoms with van der Waals surface area (Å²) >= 11 is 6.20. The van der Waals surface area contributed by atoms with Crippen LogP contribution in [0.25, 0.3) is 0 Å². The zero-order chi connectivity index (χ0) is 21.6. The van der Waals surface area contributed by atoms with E-state index in [9.17, 15) is 19.5 Å². The Balaban J connectivity index is 0.000000370. The molecule has 0 aromatic heterocycles. The molecule has 0 atom stereocenters. The second-order valence-electron chi connectivity index (χ2n) is 5.59. The van der Waals surface area contributed by atoms with Crippen molar-refractivity contribution in [2.24, 2.45) is 4.99 Å². The molecule has 0 fully saturated rings. The molecule has 0 saturated carbocycles. The van der Waals surface area contributed by atoms with Gasteiger partial charge in [-0.15, -0.1) is 0 Å². The molecule has 29 heavy (non-hydrogen) atoms. The summed E-state index contributed by atoms with van der Waals surface area (Å²) in [4.78, 5) is 42.3. The third kappa shape index (κ3) is 6.45. The molecule has 12 heteroatoms. The van der Waals surface area contributed by atoms with Crippen molar-refractivity contribution in [1.82, 2.24) is 0 Å². The van der Waals surface area contributed by atoms with E-state index in [1.54, 1.807) is 24.3 Å². The van der Waals surface area contributed by atoms with Crippen molar-refractivity contribution in [2.45, 2.75) is 6.92 Å². The molecule has 0 unspecified atom stereocenters. The molecule has 0 spiro atoms. The second-order valence-corrected chi connectivity index (χ2v) is 7.23. The first kappa shape index (κ1) is 22.7. The van der Waals surface area contributed by atoms with E-state index in [4.69, 9.17) is 21.4 Å². The standard InChI is InChI=1S/C15H10ClN3O3.C2H7O4P/c16-12-4-2-1-3-10(12)15-11-7-9(19(21)22)5-6-13(11)18-14(20)8-17-15;1-2-6-7(3,4)5/h1-7H,8H2,(H,18,20);2H2,1H3,(H2,3,4,5). The number of nitro groups is 1. The van der Waals surface area contributed by atoms with Gasteiger partial charge in [-0.25, -0.2) is 4.57 Å². The largest absolute Gasteiger partial charge is 0.469 e. The van der Waals surface area contributed by atoms with Crippen LogP contribution in [0.5, 0.6) is 0 Å². The van der Waals surface area contributed by atoms with Crippen LogP contribution in [0.3, 0.4) is 0 Å². The van der Waals surface area contributed by atoms with E-state index >= 15 is 0 Å². The number of carbonyl (C=O) groups excluding carboxylic acids is 1. The number of aliphatic imine (C=N–C) groups is 1. The normalized spacial score (nSPS) is 13.2. The van der Waals surface area contributed by atoms with Crippen LogP contribution in [0, 0.1) is 10.1 Å². The number of anilines is 1. The number of benzene rings is 2. The van der Waals surface area contributed by atoms with Crippen LogP contribution in [-0.4, -0.2) is 39.5 Å². The van der Waals surface area contributed by atoms with Gasteiger partial charge in [-0.05, 0) is 19.1 Å². The monoisotopic (exact) mass is 441 g/mol. The van der Waals surface area contributed by atoms with Crippen molar-refractivity contribution in [3.63, 3.8) is 0 Å². The van der Waals surface area contributed by atoms with Gasteiger partial charge in [0.05, 0.1) is 22.9 Å². The number of phosphoric acid groups is 1. The van der Waals surface area contributed by atoms with Gasteiger partial charge < -0.3 is 15.1 Å². The highest BCUT2D eigenvalue weighted by atomic mass is 35.5. The van der Waals surface area contributed by atoms with Gasteiger partial charge in [0.1, 0.15) is 6.54 Å². The molecule has 10 nitrogen and oxygen atoms in total. The maximum Gasteiger partial charge on any atom is 0.469 e. The summed E-state index contributed by atoms with van der Waals surface area (Å²) in [7, 11) is -4.17. The molecule has 154 valence electrons. The Morgan fingerprint density at radius 2 is 1.97 bits per heavy atom. The lowest BCUT2D eigenvalue weighted by molar-refractivity contribution is -0.384. The predicted octanol–water partition coefficient (Wildman–Crippen LogP) is 3.15. The van der Waals surface area contributed by atoms with Gasteiger partial charge in [0.15, 0.2) is 0 Å². The third-order valence-electron chi connectivity index (χ3n) is 3.55. The highest BCUT2D eigenvalue weighted by molar-refractivity contribution is 7.46. The summed E-state index contributed by atoms with van der Waals surface area (Å²) in [5.41, 5.74) is 1.97. The molecule has 1 aliphatic rings. The number of halogens is 1. The van der Waals surface area contributed by atoms with Gasteiger partial charge in [0.25, 0.3) is 5.69 Å². The zero-order valence-electron chi connectivity index (χ0n) is 15.1. The van der Waals surface area contributed by atoms with Gasteiger partial charge in [-0.3, -0.25) is 24.4 Å². The van der Waals surface area contributed by atoms with Crippen molar-refractivity contribution >= 4 is 42.4 Å². The Morgan fingerprint density at radius 3 is 2.52 bits per heavy atom. The Bertz CT molecular complexity index is 1010. The van der Waals surface area contributed by atoms with E-state index in [1.165, 1.54) is 25.1 Å². The Labute approximate surface area is 170 Å². The number of fused-ring (bicyclic) bond motifs is 1. The lowest BCUT2D eigenvalue weighted by Gasteiger charge is -2.11. The molecule has 1 heterocycles. The number of non-ortho nitro benzene ring substituents is 1. The van der Waals surface area contributed by atoms with Gasteiger partial charge in [0, 0.05) is 28.3 Å². The molecule has 2 aromatic rings. The smallest absolute Gasteiger partial charge is 0.324 e. The molecule has 0 radical (unpaired) electrons. The number of rotatable bonds is 4. The molecule has 3 rings (SSSR count). The summed E-state index contributed by atoms with van der Waals surface area (Å²) < 4.78 is 13.6. The fourth-order valence-corrected chi connectivity index (χ4v) is 2.99. The molecule has 1 amide bonds. The first-order valence-electron chi connectivity index (χ1n) is 8.20. The van der Waals surface area contributed by atoms with Crippen LogP contribution < -0.4 is 5.32 Å². The minimum atomic E-state index is -4.17. The fourth-order valence-electron chi connectivity index (χ4n) is 2.43. The first-order chi connectivity index (χ1) is 13.6. The Kier molecular flexibility index (Phi) is 7.60. The number of hydrogen-bond acceptors (Lipinski definition) is 6. The van der Waals surface area contributed by atoms with Crippen molar-refractivity contribution < 1.29 is 28.6 Å². The van der Waals surface area contributed by atoms with Crippen molar-refractivity contribution in [3.8, 4) is 0 Å². The quantitative estimate of drug-likeness (QED) is 0.374. The number of nitro benzene ring substituents is 1. The van der Waals surface area contributed by atoms with E-state index < -0.39 is 12.7 Å². The lowest BCUT2D eigenvalue weighted by Crippen LogP contribution is -2.13. The summed E-state index contributed by atoms with van der Waals surface area (Å²) in [6.45, 7) is 1.49. The molecule has 0 saturated heterocycles. The molecular formula is C17H17ClN3O7P. The molecule has 2 aromatic carbocycles. The minimum absolute atomic E-state index is 0.0459. The van der Waals surface area contributed by atoms with Gasteiger partial charge >= 0.3 is 7.82 Å². The van der Waals surface area contributed by atoms with Crippen LogP contribution in [0.1, 0.15) is 18.1 Å². The number of nitrogens with zero attached hydrogens (tertiary/aromatic N) is 2. The SMILES string of the molecule is CCOP(=O)(O)O.O=C1CN=C(c2ccccc2Cl)c2cc([N+](=O)[O-])ccc2N1. The third-order valence-corrected chi connectivity index (χ3v) is 4.47. The van der Waals surface area contributed by atoms with E-state index in [-0.39, 0.29) is 24.7 Å². The number of carbonyl (C=O) groups is 1. The Hall–Kier alpha value is -2.62. The van der Waals surface area contributed by atoms with Crippen molar-refractivity contribution in [3.05, 3.63) is 68.7 Å². The van der Waals surface area contributed by atoms with Crippen LogP contribution in [0.4, 0.5) is 11.4 Å². The molecule has 0 bridgehead atoms. The number of benzodiazepines with no additional fused rings is 1. The number of amides is 1. The second kappa shape index (κ2) is 9.73. The van der Waals surface area contributed by atoms with E-state index in [1.807, 2.05) is 0 Å². The molecule has 0 aliphatic carbocycles. The molecule has 1 aliphatic heterocycles. The van der Waals surface area contributed by atoms with E-state index in [2.05, 4.69) is 14.8 Å². The molecule has 3 N–H and O–H groups in total. The predicted molar refractivity (Wildman–Crippen MR) is 107 cm³/mol. The van der Waals surface area contributed by atoms with Crippen LogP contribution in [0.15, 0.2) is 47.5 Å². The van der Waals surface area contributed by atoms with Crippen molar-refractivity contribution in [2.75, 3.05) is 18.5 Å². The zero-order valence-corrected chi connectivity index (χ0v) is 16.8. The maximum atomic E-state index is 11.7. The van der Waals surface area contributed by atoms with Crippen LogP contribution in [-0.2, 0) is 13.9 Å². The number of hydrogen-bond donors (Lipinski definition) is 3. The average Bonchev–Trinajstić information content (AvgIpc) is 2.79. The fraction of sp³-hybridized carbons (Fsp3) is 0.176. The number of nitrogens with one attached hydrogen (secondary N) is 1.